The van der Waals surface area contributed by atoms with E-state index in [9.17, 15) is 8.42 Å². The molecule has 0 amide bonds. The van der Waals surface area contributed by atoms with Crippen molar-refractivity contribution in [2.24, 2.45) is 0 Å². The standard InChI is InChI=1S/C15H21N5O2S/c1-23(21,22)18-9-6-15-12-19(10-13-4-2-3-7-16-13)11-14-5-8-17-20(14)15/h2-5,7-8,15,18H,6,9-12H2,1H3/t15-/m0/s1. The Morgan fingerprint density at radius 2 is 2.17 bits per heavy atom. The molecule has 7 nitrogen and oxygen atoms in total. The van der Waals surface area contributed by atoms with Crippen molar-refractivity contribution in [3.05, 3.63) is 48.0 Å². The Labute approximate surface area is 136 Å². The van der Waals surface area contributed by atoms with Crippen molar-refractivity contribution in [2.45, 2.75) is 25.6 Å². The minimum absolute atomic E-state index is 0.159. The molecule has 3 rings (SSSR count). The zero-order valence-corrected chi connectivity index (χ0v) is 13.9. The van der Waals surface area contributed by atoms with Crippen molar-refractivity contribution in [2.75, 3.05) is 19.3 Å². The number of aromatic nitrogens is 3. The second-order valence-electron chi connectivity index (χ2n) is 5.87. The number of fused-ring (bicyclic) bond motifs is 1. The first kappa shape index (κ1) is 16.1. The summed E-state index contributed by atoms with van der Waals surface area (Å²) < 4.78 is 27.0. The van der Waals surface area contributed by atoms with Crippen LogP contribution in [0.25, 0.3) is 0 Å². The zero-order chi connectivity index (χ0) is 16.3. The van der Waals surface area contributed by atoms with E-state index >= 15 is 0 Å². The molecule has 0 fully saturated rings. The van der Waals surface area contributed by atoms with Crippen LogP contribution >= 0.6 is 0 Å². The molecule has 0 aliphatic carbocycles. The Kier molecular flexibility index (Phi) is 4.74. The van der Waals surface area contributed by atoms with Gasteiger partial charge < -0.3 is 0 Å². The van der Waals surface area contributed by atoms with Crippen LogP contribution in [-0.4, -0.2) is 47.4 Å². The molecule has 0 radical (unpaired) electrons. The maximum atomic E-state index is 11.2. The molecule has 2 aromatic heterocycles. The number of sulfonamides is 1. The monoisotopic (exact) mass is 335 g/mol. The summed E-state index contributed by atoms with van der Waals surface area (Å²) in [5.41, 5.74) is 2.19. The number of hydrogen-bond acceptors (Lipinski definition) is 5. The Hall–Kier alpha value is -1.77. The molecular formula is C15H21N5O2S. The third kappa shape index (κ3) is 4.37. The predicted octanol–water partition coefficient (Wildman–Crippen LogP) is 0.774. The highest BCUT2D eigenvalue weighted by Gasteiger charge is 2.25. The fraction of sp³-hybridized carbons (Fsp3) is 0.467. The van der Waals surface area contributed by atoms with Crippen LogP contribution in [0.5, 0.6) is 0 Å². The van der Waals surface area contributed by atoms with E-state index in [1.165, 1.54) is 6.26 Å². The van der Waals surface area contributed by atoms with Crippen molar-refractivity contribution in [3.8, 4) is 0 Å². The molecule has 1 atom stereocenters. The van der Waals surface area contributed by atoms with E-state index in [4.69, 9.17) is 0 Å². The van der Waals surface area contributed by atoms with Crippen LogP contribution in [0.2, 0.25) is 0 Å². The number of pyridine rings is 1. The summed E-state index contributed by atoms with van der Waals surface area (Å²) in [6.45, 7) is 2.85. The van der Waals surface area contributed by atoms with Gasteiger partial charge in [-0.3, -0.25) is 14.6 Å². The van der Waals surface area contributed by atoms with Crippen molar-refractivity contribution < 1.29 is 8.42 Å². The number of hydrogen-bond donors (Lipinski definition) is 1. The molecule has 0 aromatic carbocycles. The first-order valence-corrected chi connectivity index (χ1v) is 9.50. The van der Waals surface area contributed by atoms with Gasteiger partial charge in [-0.15, -0.1) is 0 Å². The van der Waals surface area contributed by atoms with Crippen LogP contribution in [0.1, 0.15) is 23.9 Å². The predicted molar refractivity (Wildman–Crippen MR) is 87.1 cm³/mol. The summed E-state index contributed by atoms with van der Waals surface area (Å²) in [7, 11) is -3.15. The van der Waals surface area contributed by atoms with Crippen molar-refractivity contribution in [3.63, 3.8) is 0 Å². The van der Waals surface area contributed by atoms with Gasteiger partial charge in [0.15, 0.2) is 0 Å². The number of rotatable bonds is 6. The quantitative estimate of drug-likeness (QED) is 0.844. The highest BCUT2D eigenvalue weighted by Crippen LogP contribution is 2.23. The number of nitrogens with zero attached hydrogens (tertiary/aromatic N) is 4. The Bertz CT molecular complexity index is 744. The normalized spacial score (nSPS) is 18.7. The fourth-order valence-electron chi connectivity index (χ4n) is 2.93. The van der Waals surface area contributed by atoms with E-state index in [0.717, 1.165) is 31.0 Å². The first-order valence-electron chi connectivity index (χ1n) is 7.60. The van der Waals surface area contributed by atoms with Crippen LogP contribution in [0.15, 0.2) is 36.7 Å². The largest absolute Gasteiger partial charge is 0.290 e. The molecule has 0 saturated carbocycles. The van der Waals surface area contributed by atoms with E-state index in [-0.39, 0.29) is 6.04 Å². The molecule has 124 valence electrons. The summed E-state index contributed by atoms with van der Waals surface area (Å²) in [5.74, 6) is 0. The SMILES string of the molecule is CS(=O)(=O)NCC[C@H]1CN(Cc2ccccn2)Cc2ccnn21. The van der Waals surface area contributed by atoms with Crippen LogP contribution in [0, 0.1) is 0 Å². The molecule has 0 unspecified atom stereocenters. The molecule has 1 aliphatic rings. The summed E-state index contributed by atoms with van der Waals surface area (Å²) in [4.78, 5) is 6.70. The van der Waals surface area contributed by atoms with E-state index in [2.05, 4.69) is 19.7 Å². The summed E-state index contributed by atoms with van der Waals surface area (Å²) in [5, 5.41) is 4.39. The second-order valence-corrected chi connectivity index (χ2v) is 7.70. The molecule has 0 bridgehead atoms. The van der Waals surface area contributed by atoms with Crippen LogP contribution in [-0.2, 0) is 23.1 Å². The van der Waals surface area contributed by atoms with Gasteiger partial charge in [0.1, 0.15) is 0 Å². The molecule has 0 spiro atoms. The van der Waals surface area contributed by atoms with Crippen molar-refractivity contribution >= 4 is 10.0 Å². The van der Waals surface area contributed by atoms with Gasteiger partial charge in [0.25, 0.3) is 0 Å². The lowest BCUT2D eigenvalue weighted by molar-refractivity contribution is 0.160. The van der Waals surface area contributed by atoms with Gasteiger partial charge in [-0.25, -0.2) is 13.1 Å². The summed E-state index contributed by atoms with van der Waals surface area (Å²) in [6, 6.07) is 8.10. The lowest BCUT2D eigenvalue weighted by Gasteiger charge is -2.33. The van der Waals surface area contributed by atoms with E-state index < -0.39 is 10.0 Å². The molecule has 2 aromatic rings. The molecule has 23 heavy (non-hydrogen) atoms. The zero-order valence-electron chi connectivity index (χ0n) is 13.1. The molecule has 3 heterocycles. The van der Waals surface area contributed by atoms with Gasteiger partial charge in [0.05, 0.1) is 23.7 Å². The van der Waals surface area contributed by atoms with Gasteiger partial charge in [0.2, 0.25) is 10.0 Å². The van der Waals surface area contributed by atoms with Gasteiger partial charge in [-0.1, -0.05) is 6.07 Å². The minimum atomic E-state index is -3.15. The Morgan fingerprint density at radius 1 is 1.30 bits per heavy atom. The maximum absolute atomic E-state index is 11.2. The first-order chi connectivity index (χ1) is 11.0. The lowest BCUT2D eigenvalue weighted by atomic mass is 10.1. The summed E-state index contributed by atoms with van der Waals surface area (Å²) in [6.07, 6.45) is 5.49. The summed E-state index contributed by atoms with van der Waals surface area (Å²) >= 11 is 0. The average molecular weight is 335 g/mol. The van der Waals surface area contributed by atoms with E-state index in [1.54, 1.807) is 12.4 Å². The minimum Gasteiger partial charge on any atom is -0.290 e. The highest BCUT2D eigenvalue weighted by atomic mass is 32.2. The van der Waals surface area contributed by atoms with E-state index in [0.29, 0.717) is 13.0 Å². The molecule has 1 aliphatic heterocycles. The average Bonchev–Trinajstić information content (AvgIpc) is 2.95. The molecular weight excluding hydrogens is 314 g/mol. The van der Waals surface area contributed by atoms with Crippen LogP contribution < -0.4 is 4.72 Å². The molecule has 1 N–H and O–H groups in total. The third-order valence-electron chi connectivity index (χ3n) is 3.91. The smallest absolute Gasteiger partial charge is 0.208 e. The van der Waals surface area contributed by atoms with Crippen LogP contribution in [0.3, 0.4) is 0 Å². The third-order valence-corrected chi connectivity index (χ3v) is 4.63. The van der Waals surface area contributed by atoms with Gasteiger partial charge in [-0.2, -0.15) is 5.10 Å². The number of nitrogens with one attached hydrogen (secondary N) is 1. The maximum Gasteiger partial charge on any atom is 0.208 e. The highest BCUT2D eigenvalue weighted by molar-refractivity contribution is 7.88. The fourth-order valence-corrected chi connectivity index (χ4v) is 3.42. The van der Waals surface area contributed by atoms with E-state index in [1.807, 2.05) is 28.9 Å². The van der Waals surface area contributed by atoms with Crippen LogP contribution in [0.4, 0.5) is 0 Å². The molecule has 0 saturated heterocycles. The van der Waals surface area contributed by atoms with Gasteiger partial charge in [-0.05, 0) is 24.6 Å². The Morgan fingerprint density at radius 3 is 2.91 bits per heavy atom. The Balaban J connectivity index is 1.67. The van der Waals surface area contributed by atoms with Crippen molar-refractivity contribution in [1.29, 1.82) is 0 Å². The topological polar surface area (TPSA) is 80.1 Å². The van der Waals surface area contributed by atoms with Gasteiger partial charge >= 0.3 is 0 Å². The second kappa shape index (κ2) is 6.77. The van der Waals surface area contributed by atoms with Gasteiger partial charge in [0, 0.05) is 38.6 Å². The lowest BCUT2D eigenvalue weighted by Crippen LogP contribution is -2.39. The molecule has 8 heteroatoms. The van der Waals surface area contributed by atoms with Crippen molar-refractivity contribution in [1.82, 2.24) is 24.4 Å².